The normalized spacial score (nSPS) is 11.2. The lowest BCUT2D eigenvalue weighted by Gasteiger charge is -2.27. The average molecular weight is 406 g/mol. The van der Waals surface area contributed by atoms with Crippen molar-refractivity contribution in [1.82, 2.24) is 19.3 Å². The van der Waals surface area contributed by atoms with E-state index in [2.05, 4.69) is 21.9 Å². The Bertz CT molecular complexity index is 1180. The lowest BCUT2D eigenvalue weighted by atomic mass is 10.1. The second-order valence-electron chi connectivity index (χ2n) is 7.90. The zero-order valence-corrected chi connectivity index (χ0v) is 17.7. The number of nitrogens with zero attached hydrogens (tertiary/aromatic N) is 5. The van der Waals surface area contributed by atoms with Crippen molar-refractivity contribution in [2.75, 3.05) is 18.5 Å². The predicted molar refractivity (Wildman–Crippen MR) is 118 cm³/mol. The molecule has 0 saturated heterocycles. The van der Waals surface area contributed by atoms with Crippen LogP contribution in [0.1, 0.15) is 31.1 Å². The number of Topliss-reactive ketones (excluding diaryl/α,β-unsaturated/α-hetero) is 1. The fraction of sp³-hybridized carbons (Fsp3) is 0.364. The van der Waals surface area contributed by atoms with E-state index in [0.717, 1.165) is 0 Å². The minimum Gasteiger partial charge on any atom is -0.343 e. The highest BCUT2D eigenvalue weighted by Crippen LogP contribution is 2.20. The molecule has 30 heavy (non-hydrogen) atoms. The third kappa shape index (κ3) is 4.58. The van der Waals surface area contributed by atoms with E-state index >= 15 is 0 Å². The van der Waals surface area contributed by atoms with Crippen LogP contribution in [0.15, 0.2) is 41.3 Å². The molecule has 1 aromatic carbocycles. The van der Waals surface area contributed by atoms with Crippen LogP contribution < -0.4 is 16.2 Å². The van der Waals surface area contributed by atoms with Gasteiger partial charge in [0, 0.05) is 24.7 Å². The first-order valence-electron chi connectivity index (χ1n) is 9.65. The van der Waals surface area contributed by atoms with Gasteiger partial charge in [-0.3, -0.25) is 14.2 Å². The summed E-state index contributed by atoms with van der Waals surface area (Å²) in [4.78, 5) is 32.3. The van der Waals surface area contributed by atoms with E-state index in [1.165, 1.54) is 10.9 Å². The molecule has 0 aliphatic heterocycles. The van der Waals surface area contributed by atoms with Gasteiger partial charge in [-0.15, -0.1) is 5.92 Å². The van der Waals surface area contributed by atoms with Crippen LogP contribution in [0.2, 0.25) is 0 Å². The Morgan fingerprint density at radius 1 is 1.27 bits per heavy atom. The van der Waals surface area contributed by atoms with E-state index in [1.54, 1.807) is 35.8 Å². The number of hydrogen-bond acceptors (Lipinski definition) is 6. The number of fused-ring (bicyclic) bond motifs is 1. The van der Waals surface area contributed by atoms with Gasteiger partial charge in [0.15, 0.2) is 5.78 Å². The highest BCUT2D eigenvalue weighted by Gasteiger charge is 2.22. The fourth-order valence-electron chi connectivity index (χ4n) is 3.32. The maximum absolute atomic E-state index is 13.2. The van der Waals surface area contributed by atoms with Gasteiger partial charge in [-0.1, -0.05) is 36.3 Å². The molecule has 2 heterocycles. The maximum atomic E-state index is 13.2. The monoisotopic (exact) mass is 406 g/mol. The van der Waals surface area contributed by atoms with E-state index < -0.39 is 5.54 Å². The van der Waals surface area contributed by atoms with Crippen molar-refractivity contribution in [2.24, 2.45) is 5.73 Å². The summed E-state index contributed by atoms with van der Waals surface area (Å²) in [5.74, 6) is 6.24. The fourth-order valence-corrected chi connectivity index (χ4v) is 3.32. The van der Waals surface area contributed by atoms with E-state index in [1.807, 2.05) is 31.9 Å². The molecule has 0 spiro atoms. The van der Waals surface area contributed by atoms with Gasteiger partial charge in [-0.2, -0.15) is 5.10 Å². The number of benzene rings is 1. The summed E-state index contributed by atoms with van der Waals surface area (Å²) in [6.07, 6.45) is 1.51. The molecule has 3 rings (SSSR count). The maximum Gasteiger partial charge on any atom is 0.293 e. The SMILES string of the molecule is CC#CCn1c(N(C)CC(C)(C)N)nc2cnn(CC(=O)c3ccccc3)c(=O)c21. The molecule has 0 aliphatic rings. The lowest BCUT2D eigenvalue weighted by molar-refractivity contribution is 0.0966. The lowest BCUT2D eigenvalue weighted by Crippen LogP contribution is -2.44. The van der Waals surface area contributed by atoms with Crippen LogP contribution in [0, 0.1) is 11.8 Å². The largest absolute Gasteiger partial charge is 0.343 e. The Labute approximate surface area is 175 Å². The van der Waals surface area contributed by atoms with Crippen LogP contribution >= 0.6 is 0 Å². The van der Waals surface area contributed by atoms with Gasteiger partial charge in [0.25, 0.3) is 5.56 Å². The third-order valence-electron chi connectivity index (χ3n) is 4.52. The smallest absolute Gasteiger partial charge is 0.293 e. The highest BCUT2D eigenvalue weighted by molar-refractivity contribution is 5.95. The van der Waals surface area contributed by atoms with Gasteiger partial charge < -0.3 is 10.6 Å². The number of aromatic nitrogens is 4. The molecule has 0 amide bonds. The molecular weight excluding hydrogens is 380 g/mol. The zero-order valence-electron chi connectivity index (χ0n) is 17.7. The molecule has 0 unspecified atom stereocenters. The highest BCUT2D eigenvalue weighted by atomic mass is 16.1. The van der Waals surface area contributed by atoms with Crippen LogP contribution in [-0.4, -0.2) is 44.2 Å². The molecule has 0 fully saturated rings. The first-order chi connectivity index (χ1) is 14.2. The third-order valence-corrected chi connectivity index (χ3v) is 4.52. The Kier molecular flexibility index (Phi) is 6.04. The molecule has 0 saturated carbocycles. The molecule has 0 atom stereocenters. The van der Waals surface area contributed by atoms with E-state index in [-0.39, 0.29) is 17.9 Å². The predicted octanol–water partition coefficient (Wildman–Crippen LogP) is 1.67. The summed E-state index contributed by atoms with van der Waals surface area (Å²) in [7, 11) is 1.87. The Hall–Kier alpha value is -3.44. The molecule has 2 aromatic heterocycles. The van der Waals surface area contributed by atoms with Gasteiger partial charge in [0.1, 0.15) is 17.6 Å². The van der Waals surface area contributed by atoms with Crippen LogP contribution in [0.25, 0.3) is 11.0 Å². The van der Waals surface area contributed by atoms with Crippen LogP contribution in [-0.2, 0) is 13.1 Å². The van der Waals surface area contributed by atoms with Crippen molar-refractivity contribution in [3.63, 3.8) is 0 Å². The molecule has 0 bridgehead atoms. The Morgan fingerprint density at radius 3 is 2.60 bits per heavy atom. The average Bonchev–Trinajstić information content (AvgIpc) is 3.07. The van der Waals surface area contributed by atoms with Crippen LogP contribution in [0.3, 0.4) is 0 Å². The van der Waals surface area contributed by atoms with Gasteiger partial charge in [-0.25, -0.2) is 9.67 Å². The summed E-state index contributed by atoms with van der Waals surface area (Å²) in [6.45, 7) is 6.26. The van der Waals surface area contributed by atoms with Crippen molar-refractivity contribution >= 4 is 22.8 Å². The number of rotatable bonds is 7. The number of carbonyl (C=O) groups excluding carboxylic acids is 1. The topological polar surface area (TPSA) is 99.0 Å². The number of hydrogen-bond donors (Lipinski definition) is 1. The van der Waals surface area contributed by atoms with E-state index in [4.69, 9.17) is 5.73 Å². The van der Waals surface area contributed by atoms with E-state index in [9.17, 15) is 9.59 Å². The van der Waals surface area contributed by atoms with Crippen molar-refractivity contribution in [2.45, 2.75) is 39.4 Å². The van der Waals surface area contributed by atoms with Gasteiger partial charge in [-0.05, 0) is 20.8 Å². The second-order valence-corrected chi connectivity index (χ2v) is 7.90. The first-order valence-corrected chi connectivity index (χ1v) is 9.65. The molecule has 0 radical (unpaired) electrons. The number of nitrogens with two attached hydrogens (primary N) is 1. The zero-order chi connectivity index (χ0) is 21.9. The minimum atomic E-state index is -0.450. The van der Waals surface area contributed by atoms with Crippen molar-refractivity contribution < 1.29 is 4.79 Å². The van der Waals surface area contributed by atoms with Gasteiger partial charge in [0.05, 0.1) is 12.7 Å². The Morgan fingerprint density at radius 2 is 1.97 bits per heavy atom. The number of imidazole rings is 1. The van der Waals surface area contributed by atoms with Gasteiger partial charge >= 0.3 is 0 Å². The van der Waals surface area contributed by atoms with Crippen LogP contribution in [0.5, 0.6) is 0 Å². The number of ketones is 1. The van der Waals surface area contributed by atoms with Crippen molar-refractivity contribution in [1.29, 1.82) is 0 Å². The van der Waals surface area contributed by atoms with Crippen molar-refractivity contribution in [3.8, 4) is 11.8 Å². The number of anilines is 1. The van der Waals surface area contributed by atoms with Crippen molar-refractivity contribution in [3.05, 3.63) is 52.4 Å². The van der Waals surface area contributed by atoms with Gasteiger partial charge in [0.2, 0.25) is 5.95 Å². The summed E-state index contributed by atoms with van der Waals surface area (Å²) >= 11 is 0. The molecule has 2 N–H and O–H groups in total. The molecule has 8 heteroatoms. The quantitative estimate of drug-likeness (QED) is 0.473. The molecule has 8 nitrogen and oxygen atoms in total. The van der Waals surface area contributed by atoms with Crippen LogP contribution in [0.4, 0.5) is 5.95 Å². The van der Waals surface area contributed by atoms with E-state index in [0.29, 0.717) is 35.6 Å². The minimum absolute atomic E-state index is 0.148. The number of carbonyl (C=O) groups is 1. The summed E-state index contributed by atoms with van der Waals surface area (Å²) < 4.78 is 2.93. The second kappa shape index (κ2) is 8.51. The summed E-state index contributed by atoms with van der Waals surface area (Å²) in [5.41, 5.74) is 6.68. The summed E-state index contributed by atoms with van der Waals surface area (Å²) in [6, 6.07) is 8.84. The molecule has 0 aliphatic carbocycles. The molecule has 3 aromatic rings. The standard InChI is InChI=1S/C22H26N6O2/c1-5-6-12-27-19-17(25-21(27)26(4)15-22(2,3)23)13-24-28(20(19)30)14-18(29)16-10-8-7-9-11-16/h7-11,13H,12,14-15,23H2,1-4H3. The molecule has 156 valence electrons. The first kappa shape index (κ1) is 21.3. The summed E-state index contributed by atoms with van der Waals surface area (Å²) in [5, 5.41) is 4.17. The molecular formula is C22H26N6O2. The Balaban J connectivity index is 2.07. The number of likely N-dealkylation sites (N-methyl/N-ethyl adjacent to an activating group) is 1.